The molecule has 11 heteroatoms. The Bertz CT molecular complexity index is 1730. The lowest BCUT2D eigenvalue weighted by molar-refractivity contribution is -0.305. The van der Waals surface area contributed by atoms with Crippen LogP contribution in [0, 0.1) is 0 Å². The van der Waals surface area contributed by atoms with Crippen molar-refractivity contribution in [3.05, 3.63) is 109 Å². The maximum Gasteiger partial charge on any atom is 0.306 e. The lowest BCUT2D eigenvalue weighted by atomic mass is 9.99. The number of esters is 1. The fraction of sp³-hybridized carbons (Fsp3) is 0.714. The van der Waals surface area contributed by atoms with Crippen LogP contribution in [0.1, 0.15) is 258 Å². The van der Waals surface area contributed by atoms with E-state index in [1.165, 1.54) is 77.0 Å². The summed E-state index contributed by atoms with van der Waals surface area (Å²) in [5.74, 6) is -1.23. The molecule has 1 rings (SSSR count). The van der Waals surface area contributed by atoms with Gasteiger partial charge in [-0.05, 0) is 109 Å². The van der Waals surface area contributed by atoms with Crippen LogP contribution in [-0.4, -0.2) is 99.6 Å². The number of amides is 1. The van der Waals surface area contributed by atoms with Gasteiger partial charge in [-0.25, -0.2) is 0 Å². The quantitative estimate of drug-likeness (QED) is 0.0195. The number of carbonyl (C=O) groups is 2. The van der Waals surface area contributed by atoms with E-state index in [9.17, 15) is 35.1 Å². The fourth-order valence-corrected chi connectivity index (χ4v) is 9.51. The smallest absolute Gasteiger partial charge is 0.306 e. The summed E-state index contributed by atoms with van der Waals surface area (Å²) in [6.07, 6.45) is 66.8. The summed E-state index contributed by atoms with van der Waals surface area (Å²) < 4.78 is 17.6. The zero-order valence-electron chi connectivity index (χ0n) is 51.4. The topological polar surface area (TPSA) is 175 Å². The van der Waals surface area contributed by atoms with Gasteiger partial charge in [0.1, 0.15) is 24.4 Å². The van der Waals surface area contributed by atoms with Crippen LogP contribution in [0.25, 0.3) is 0 Å². The second-order valence-corrected chi connectivity index (χ2v) is 22.1. The molecule has 1 fully saturated rings. The molecule has 1 aliphatic heterocycles. The molecule has 8 unspecified atom stereocenters. The summed E-state index contributed by atoms with van der Waals surface area (Å²) in [6.45, 7) is 5.63. The molecule has 81 heavy (non-hydrogen) atoms. The maximum atomic E-state index is 13.5. The average molecular weight is 1130 g/mol. The lowest BCUT2D eigenvalue weighted by Crippen LogP contribution is -2.61. The summed E-state index contributed by atoms with van der Waals surface area (Å²) in [4.78, 5) is 26.6. The van der Waals surface area contributed by atoms with E-state index in [4.69, 9.17) is 14.2 Å². The fourth-order valence-electron chi connectivity index (χ4n) is 9.51. The molecule has 6 N–H and O–H groups in total. The first-order chi connectivity index (χ1) is 39.7. The molecule has 0 saturated carbocycles. The Morgan fingerprint density at radius 3 is 1.36 bits per heavy atom. The molecule has 1 saturated heterocycles. The van der Waals surface area contributed by atoms with Gasteiger partial charge in [-0.3, -0.25) is 9.59 Å². The van der Waals surface area contributed by atoms with Crippen molar-refractivity contribution in [3.63, 3.8) is 0 Å². The Balaban J connectivity index is 2.69. The van der Waals surface area contributed by atoms with E-state index < -0.39 is 67.4 Å². The highest BCUT2D eigenvalue weighted by Gasteiger charge is 2.47. The van der Waals surface area contributed by atoms with Gasteiger partial charge >= 0.3 is 5.97 Å². The summed E-state index contributed by atoms with van der Waals surface area (Å²) >= 11 is 0. The molecule has 1 heterocycles. The lowest BCUT2D eigenvalue weighted by Gasteiger charge is -2.41. The third kappa shape index (κ3) is 44.5. The number of hydrogen-bond donors (Lipinski definition) is 6. The molecule has 1 amide bonds. The van der Waals surface area contributed by atoms with Crippen molar-refractivity contribution in [3.8, 4) is 0 Å². The van der Waals surface area contributed by atoms with Crippen LogP contribution in [-0.2, 0) is 23.8 Å². The molecule has 1 aliphatic rings. The number of nitrogens with one attached hydrogen (secondary N) is 1. The molecule has 11 nitrogen and oxygen atoms in total. The Morgan fingerprint density at radius 2 is 0.889 bits per heavy atom. The van der Waals surface area contributed by atoms with E-state index in [0.717, 1.165) is 135 Å². The Morgan fingerprint density at radius 1 is 0.494 bits per heavy atom. The van der Waals surface area contributed by atoms with Crippen molar-refractivity contribution in [2.45, 2.75) is 307 Å². The van der Waals surface area contributed by atoms with Crippen molar-refractivity contribution < 1.29 is 49.3 Å². The number of aliphatic hydroxyl groups excluding tert-OH is 5. The monoisotopic (exact) mass is 1130 g/mol. The summed E-state index contributed by atoms with van der Waals surface area (Å²) in [7, 11) is 0. The number of hydrogen-bond acceptors (Lipinski definition) is 10. The maximum absolute atomic E-state index is 13.5. The van der Waals surface area contributed by atoms with Gasteiger partial charge in [0, 0.05) is 6.42 Å². The van der Waals surface area contributed by atoms with E-state index >= 15 is 0 Å². The van der Waals surface area contributed by atoms with Crippen molar-refractivity contribution in [2.75, 3.05) is 13.2 Å². The normalized spacial score (nSPS) is 19.4. The molecule has 464 valence electrons. The first kappa shape index (κ1) is 75.3. The van der Waals surface area contributed by atoms with Crippen LogP contribution in [0.5, 0.6) is 0 Å². The standard InChI is InChI=1S/C70H119NO10/c1-4-7-10-13-16-19-22-25-27-29-30-31-32-33-35-36-39-42-45-48-51-54-57-63(74)69(78)71-61(62(73)56-53-50-47-44-41-38-24-21-18-15-12-9-6-3)60-79-70-68(67(77)66(76)64(59-72)80-70)81-65(75)58-55-52-49-46-43-40-37-34-28-26-23-20-17-14-11-8-5-2/h7,10,16-17,19-20,25-28,30-31,33,35,37,40,53,56,61-64,66-68,70,72-74,76-77H,4-6,8-9,11-15,18,21-24,29,32,34,36,38-39,41-52,54-55,57-60H2,1-3H3,(H,71,78)/b10-7-,19-16-,20-17-,27-25-,28-26-,31-30-,35-33-,40-37-,56-53+. The SMILES string of the molecule is CC/C=C\C/C=C\C/C=C\C/C=C\C/C=C\CCCCCCCCC(O)C(=O)NC(COC1OC(CO)C(O)C(O)C1OC(=O)CCCCCC/C=C\C/C=C\C/C=C\CCCCC)C(O)/C=C/CCCCCCCCCCCCC. The minimum atomic E-state index is -1.63. The predicted octanol–water partition coefficient (Wildman–Crippen LogP) is 16.1. The van der Waals surface area contributed by atoms with Gasteiger partial charge < -0.3 is 45.1 Å². The van der Waals surface area contributed by atoms with Gasteiger partial charge in [0.05, 0.1) is 25.4 Å². The van der Waals surface area contributed by atoms with Gasteiger partial charge in [-0.15, -0.1) is 0 Å². The number of unbranched alkanes of at least 4 members (excludes halogenated alkanes) is 24. The number of carbonyl (C=O) groups excluding carboxylic acids is 2. The second-order valence-electron chi connectivity index (χ2n) is 22.1. The number of allylic oxidation sites excluding steroid dienone is 17. The molecule has 0 radical (unpaired) electrons. The van der Waals surface area contributed by atoms with E-state index in [0.29, 0.717) is 12.8 Å². The van der Waals surface area contributed by atoms with Crippen LogP contribution >= 0.6 is 0 Å². The van der Waals surface area contributed by atoms with Gasteiger partial charge in [-0.1, -0.05) is 252 Å². The summed E-state index contributed by atoms with van der Waals surface area (Å²) in [5, 5.41) is 57.1. The van der Waals surface area contributed by atoms with Crippen LogP contribution in [0.15, 0.2) is 109 Å². The molecule has 8 atom stereocenters. The van der Waals surface area contributed by atoms with Crippen LogP contribution in [0.3, 0.4) is 0 Å². The predicted molar refractivity (Wildman–Crippen MR) is 338 cm³/mol. The second kappa shape index (κ2) is 56.8. The van der Waals surface area contributed by atoms with Crippen molar-refractivity contribution in [2.24, 2.45) is 0 Å². The molecule has 0 bridgehead atoms. The van der Waals surface area contributed by atoms with E-state index in [-0.39, 0.29) is 19.4 Å². The van der Waals surface area contributed by atoms with Crippen molar-refractivity contribution in [1.29, 1.82) is 0 Å². The number of aliphatic hydroxyl groups is 5. The molecule has 0 aromatic carbocycles. The third-order valence-electron chi connectivity index (χ3n) is 14.7. The minimum absolute atomic E-state index is 0.0914. The van der Waals surface area contributed by atoms with Crippen LogP contribution in [0.2, 0.25) is 0 Å². The Hall–Kier alpha value is -3.68. The third-order valence-corrected chi connectivity index (χ3v) is 14.7. The van der Waals surface area contributed by atoms with Gasteiger partial charge in [0.25, 0.3) is 0 Å². The van der Waals surface area contributed by atoms with E-state index in [1.807, 2.05) is 6.08 Å². The first-order valence-corrected chi connectivity index (χ1v) is 32.7. The number of ether oxygens (including phenoxy) is 3. The Labute approximate surface area is 494 Å². The minimum Gasteiger partial charge on any atom is -0.454 e. The number of rotatable bonds is 54. The van der Waals surface area contributed by atoms with Gasteiger partial charge in [0.2, 0.25) is 5.91 Å². The molecular weight excluding hydrogens is 1010 g/mol. The molecule has 0 aromatic rings. The summed E-state index contributed by atoms with van der Waals surface area (Å²) in [6, 6.07) is -1.04. The highest BCUT2D eigenvalue weighted by Crippen LogP contribution is 2.26. The average Bonchev–Trinajstić information content (AvgIpc) is 3.49. The van der Waals surface area contributed by atoms with E-state index in [1.54, 1.807) is 6.08 Å². The van der Waals surface area contributed by atoms with Gasteiger partial charge in [0.15, 0.2) is 12.4 Å². The van der Waals surface area contributed by atoms with Crippen LogP contribution < -0.4 is 5.32 Å². The van der Waals surface area contributed by atoms with E-state index in [2.05, 4.69) is 123 Å². The zero-order chi connectivity index (χ0) is 58.9. The largest absolute Gasteiger partial charge is 0.454 e. The van der Waals surface area contributed by atoms with Crippen molar-refractivity contribution >= 4 is 11.9 Å². The first-order valence-electron chi connectivity index (χ1n) is 32.7. The molecule has 0 spiro atoms. The summed E-state index contributed by atoms with van der Waals surface area (Å²) in [5.41, 5.74) is 0. The zero-order valence-corrected chi connectivity index (χ0v) is 51.4. The van der Waals surface area contributed by atoms with Crippen LogP contribution in [0.4, 0.5) is 0 Å². The van der Waals surface area contributed by atoms with Gasteiger partial charge in [-0.2, -0.15) is 0 Å². The van der Waals surface area contributed by atoms with Crippen molar-refractivity contribution in [1.82, 2.24) is 5.32 Å². The molecule has 0 aliphatic carbocycles. The highest BCUT2D eigenvalue weighted by atomic mass is 16.7. The Kier molecular flexibility index (Phi) is 52.8. The molecule has 0 aromatic heterocycles. The highest BCUT2D eigenvalue weighted by molar-refractivity contribution is 5.80. The molecular formula is C70H119NO10.